The van der Waals surface area contributed by atoms with Gasteiger partial charge in [0.1, 0.15) is 0 Å². The molecule has 2 aromatic rings. The summed E-state index contributed by atoms with van der Waals surface area (Å²) in [5.41, 5.74) is 3.30. The fourth-order valence-corrected chi connectivity index (χ4v) is 3.01. The molecule has 24 heavy (non-hydrogen) atoms. The van der Waals surface area contributed by atoms with Gasteiger partial charge in [-0.1, -0.05) is 56.0 Å². The van der Waals surface area contributed by atoms with Gasteiger partial charge in [0.05, 0.1) is 17.8 Å². The molecule has 1 aromatic heterocycles. The minimum absolute atomic E-state index is 0.0353. The van der Waals surface area contributed by atoms with Crippen LogP contribution in [0.4, 0.5) is 0 Å². The number of aromatic nitrogens is 2. The maximum Gasteiger partial charge on any atom is 0.255 e. The van der Waals surface area contributed by atoms with Crippen LogP contribution >= 0.6 is 11.6 Å². The fraction of sp³-hybridized carbons (Fsp3) is 0.474. The summed E-state index contributed by atoms with van der Waals surface area (Å²) in [5.74, 6) is -0.0353. The zero-order valence-electron chi connectivity index (χ0n) is 14.7. The van der Waals surface area contributed by atoms with Crippen molar-refractivity contribution in [2.75, 3.05) is 6.54 Å². The van der Waals surface area contributed by atoms with Crippen LogP contribution in [0.1, 0.15) is 59.9 Å². The van der Waals surface area contributed by atoms with Gasteiger partial charge in [-0.25, -0.2) is 0 Å². The van der Waals surface area contributed by atoms with Crippen molar-refractivity contribution in [2.45, 2.75) is 53.0 Å². The number of halogens is 1. The lowest BCUT2D eigenvalue weighted by molar-refractivity contribution is 0.0951. The van der Waals surface area contributed by atoms with E-state index in [1.165, 1.54) is 12.8 Å². The van der Waals surface area contributed by atoms with E-state index in [0.29, 0.717) is 23.7 Å². The molecule has 0 aliphatic carbocycles. The Balaban J connectivity index is 2.05. The molecule has 0 atom stereocenters. The number of rotatable bonds is 8. The van der Waals surface area contributed by atoms with E-state index in [1.807, 2.05) is 42.8 Å². The zero-order chi connectivity index (χ0) is 17.5. The maximum absolute atomic E-state index is 12.5. The number of benzene rings is 1. The molecule has 0 fully saturated rings. The largest absolute Gasteiger partial charge is 0.352 e. The number of hydrogen-bond acceptors (Lipinski definition) is 2. The molecule has 1 heterocycles. The van der Waals surface area contributed by atoms with Crippen molar-refractivity contribution < 1.29 is 4.79 Å². The summed E-state index contributed by atoms with van der Waals surface area (Å²) in [4.78, 5) is 12.5. The van der Waals surface area contributed by atoms with Crippen LogP contribution in [0.3, 0.4) is 0 Å². The molecule has 5 heteroatoms. The van der Waals surface area contributed by atoms with Crippen LogP contribution < -0.4 is 5.32 Å². The number of nitrogens with zero attached hydrogens (tertiary/aromatic N) is 2. The Kier molecular flexibility index (Phi) is 6.85. The van der Waals surface area contributed by atoms with Gasteiger partial charge in [-0.05, 0) is 31.9 Å². The third-order valence-corrected chi connectivity index (χ3v) is 4.57. The number of carbonyl (C=O) groups excluding carboxylic acids is 1. The highest BCUT2D eigenvalue weighted by molar-refractivity contribution is 6.31. The van der Waals surface area contributed by atoms with Crippen molar-refractivity contribution in [1.29, 1.82) is 0 Å². The highest BCUT2D eigenvalue weighted by atomic mass is 35.5. The van der Waals surface area contributed by atoms with Gasteiger partial charge >= 0.3 is 0 Å². The molecule has 4 nitrogen and oxygen atoms in total. The Morgan fingerprint density at radius 3 is 2.67 bits per heavy atom. The molecule has 0 unspecified atom stereocenters. The van der Waals surface area contributed by atoms with Crippen molar-refractivity contribution >= 4 is 17.5 Å². The van der Waals surface area contributed by atoms with Gasteiger partial charge in [-0.2, -0.15) is 5.10 Å². The summed E-state index contributed by atoms with van der Waals surface area (Å²) in [6.45, 7) is 7.27. The number of aryl methyl sites for hydroxylation is 1. The molecule has 0 spiro atoms. The van der Waals surface area contributed by atoms with E-state index in [4.69, 9.17) is 11.6 Å². The lowest BCUT2D eigenvalue weighted by atomic mass is 10.1. The molecule has 0 radical (unpaired) electrons. The first kappa shape index (κ1) is 18.5. The summed E-state index contributed by atoms with van der Waals surface area (Å²) in [6, 6.07) is 7.71. The first-order chi connectivity index (χ1) is 11.5. The Bertz CT molecular complexity index is 694. The average molecular weight is 348 g/mol. The van der Waals surface area contributed by atoms with Gasteiger partial charge < -0.3 is 5.32 Å². The summed E-state index contributed by atoms with van der Waals surface area (Å²) >= 11 is 6.23. The molecule has 1 N–H and O–H groups in total. The van der Waals surface area contributed by atoms with Crippen LogP contribution in [0.25, 0.3) is 0 Å². The number of nitrogens with one attached hydrogen (secondary N) is 1. The monoisotopic (exact) mass is 347 g/mol. The lowest BCUT2D eigenvalue weighted by Gasteiger charge is -2.08. The van der Waals surface area contributed by atoms with Crippen LogP contribution in [0.5, 0.6) is 0 Å². The third-order valence-electron chi connectivity index (χ3n) is 4.20. The number of amides is 1. The predicted octanol–water partition coefficient (Wildman–Crippen LogP) is 4.51. The van der Waals surface area contributed by atoms with Crippen LogP contribution in [-0.4, -0.2) is 22.2 Å². The predicted molar refractivity (Wildman–Crippen MR) is 98.7 cm³/mol. The van der Waals surface area contributed by atoms with Crippen molar-refractivity contribution in [3.05, 3.63) is 51.8 Å². The van der Waals surface area contributed by atoms with Gasteiger partial charge in [-0.15, -0.1) is 0 Å². The third kappa shape index (κ3) is 4.60. The molecule has 0 aliphatic heterocycles. The van der Waals surface area contributed by atoms with E-state index in [0.717, 1.165) is 29.8 Å². The SMILES string of the molecule is CCCCCCNC(=O)c1c(C)nn(Cc2ccccc2Cl)c1C. The van der Waals surface area contributed by atoms with Crippen molar-refractivity contribution in [3.63, 3.8) is 0 Å². The summed E-state index contributed by atoms with van der Waals surface area (Å²) in [5, 5.41) is 8.25. The fourth-order valence-electron chi connectivity index (χ4n) is 2.81. The minimum Gasteiger partial charge on any atom is -0.352 e. The van der Waals surface area contributed by atoms with E-state index in [9.17, 15) is 4.79 Å². The molecule has 2 rings (SSSR count). The smallest absolute Gasteiger partial charge is 0.255 e. The molecule has 1 amide bonds. The van der Waals surface area contributed by atoms with Crippen LogP contribution in [0, 0.1) is 13.8 Å². The Labute approximate surface area is 149 Å². The molecule has 130 valence electrons. The van der Waals surface area contributed by atoms with Crippen molar-refractivity contribution in [2.24, 2.45) is 0 Å². The Morgan fingerprint density at radius 1 is 1.21 bits per heavy atom. The second-order valence-corrected chi connectivity index (χ2v) is 6.52. The highest BCUT2D eigenvalue weighted by Crippen LogP contribution is 2.19. The number of hydrogen-bond donors (Lipinski definition) is 1. The Morgan fingerprint density at radius 2 is 1.96 bits per heavy atom. The van der Waals surface area contributed by atoms with Gasteiger partial charge in [0.2, 0.25) is 0 Å². The Hall–Kier alpha value is -1.81. The van der Waals surface area contributed by atoms with E-state index >= 15 is 0 Å². The van der Waals surface area contributed by atoms with Gasteiger partial charge in [0, 0.05) is 17.3 Å². The summed E-state index contributed by atoms with van der Waals surface area (Å²) in [6.07, 6.45) is 4.58. The second-order valence-electron chi connectivity index (χ2n) is 6.11. The quantitative estimate of drug-likeness (QED) is 0.714. The van der Waals surface area contributed by atoms with Crippen molar-refractivity contribution in [3.8, 4) is 0 Å². The maximum atomic E-state index is 12.5. The van der Waals surface area contributed by atoms with E-state index in [-0.39, 0.29) is 5.91 Å². The van der Waals surface area contributed by atoms with Gasteiger partial charge in [0.15, 0.2) is 0 Å². The molecular formula is C19H26ClN3O. The normalized spacial score (nSPS) is 10.8. The molecule has 0 saturated carbocycles. The summed E-state index contributed by atoms with van der Waals surface area (Å²) < 4.78 is 1.85. The second kappa shape index (κ2) is 8.88. The minimum atomic E-state index is -0.0353. The first-order valence-electron chi connectivity index (χ1n) is 8.60. The standard InChI is InChI=1S/C19H26ClN3O/c1-4-5-6-9-12-21-19(24)18-14(2)22-23(15(18)3)13-16-10-7-8-11-17(16)20/h7-8,10-11H,4-6,9,12-13H2,1-3H3,(H,21,24). The molecule has 0 saturated heterocycles. The summed E-state index contributed by atoms with van der Waals surface area (Å²) in [7, 11) is 0. The number of unbranched alkanes of at least 4 members (excludes halogenated alkanes) is 3. The zero-order valence-corrected chi connectivity index (χ0v) is 15.5. The van der Waals surface area contributed by atoms with Crippen LogP contribution in [0.15, 0.2) is 24.3 Å². The topological polar surface area (TPSA) is 46.9 Å². The van der Waals surface area contributed by atoms with Gasteiger partial charge in [0.25, 0.3) is 5.91 Å². The molecular weight excluding hydrogens is 322 g/mol. The highest BCUT2D eigenvalue weighted by Gasteiger charge is 2.18. The number of carbonyl (C=O) groups is 1. The van der Waals surface area contributed by atoms with Crippen LogP contribution in [-0.2, 0) is 6.54 Å². The first-order valence-corrected chi connectivity index (χ1v) is 8.98. The van der Waals surface area contributed by atoms with E-state index < -0.39 is 0 Å². The van der Waals surface area contributed by atoms with E-state index in [1.54, 1.807) is 0 Å². The van der Waals surface area contributed by atoms with Gasteiger partial charge in [-0.3, -0.25) is 9.48 Å². The van der Waals surface area contributed by atoms with E-state index in [2.05, 4.69) is 17.3 Å². The molecule has 1 aromatic carbocycles. The lowest BCUT2D eigenvalue weighted by Crippen LogP contribution is -2.25. The van der Waals surface area contributed by atoms with Crippen molar-refractivity contribution in [1.82, 2.24) is 15.1 Å². The van der Waals surface area contributed by atoms with Crippen LogP contribution in [0.2, 0.25) is 5.02 Å². The average Bonchev–Trinajstić information content (AvgIpc) is 2.83. The molecule has 0 bridgehead atoms. The molecule has 0 aliphatic rings.